The zero-order valence-electron chi connectivity index (χ0n) is 15.4. The SMILES string of the molecule is COP(=O)(c1cc(C)cc(/C=C/C#N)c1)c1c(C(=O)O)[nH]c2ccc(Cl)c(F)c12. The van der Waals surface area contributed by atoms with E-state index in [4.69, 9.17) is 21.4 Å². The number of rotatable bonds is 5. The molecule has 0 aliphatic heterocycles. The highest BCUT2D eigenvalue weighted by Crippen LogP contribution is 2.48. The van der Waals surface area contributed by atoms with Crippen molar-refractivity contribution >= 4 is 52.5 Å². The molecule has 1 aromatic heterocycles. The van der Waals surface area contributed by atoms with Gasteiger partial charge in [-0.25, -0.2) is 9.18 Å². The molecule has 1 heterocycles. The van der Waals surface area contributed by atoms with Crippen LogP contribution >= 0.6 is 19.0 Å². The molecule has 0 radical (unpaired) electrons. The Morgan fingerprint density at radius 1 is 1.38 bits per heavy atom. The number of H-pyrrole nitrogens is 1. The quantitative estimate of drug-likeness (QED) is 0.460. The number of fused-ring (bicyclic) bond motifs is 1. The number of halogens is 2. The van der Waals surface area contributed by atoms with Gasteiger partial charge in [0.2, 0.25) is 0 Å². The minimum Gasteiger partial charge on any atom is -0.477 e. The summed E-state index contributed by atoms with van der Waals surface area (Å²) >= 11 is 5.89. The average molecular weight is 433 g/mol. The Bertz CT molecular complexity index is 1260. The maximum absolute atomic E-state index is 14.9. The van der Waals surface area contributed by atoms with Crippen molar-refractivity contribution in [3.05, 3.63) is 64.1 Å². The number of carbonyl (C=O) groups is 1. The fourth-order valence-electron chi connectivity index (χ4n) is 3.17. The Morgan fingerprint density at radius 2 is 2.10 bits per heavy atom. The summed E-state index contributed by atoms with van der Waals surface area (Å²) in [5.74, 6) is -2.31. The number of carboxylic acids is 1. The smallest absolute Gasteiger partial charge is 0.353 e. The summed E-state index contributed by atoms with van der Waals surface area (Å²) in [6, 6.07) is 9.39. The molecule has 6 nitrogen and oxygen atoms in total. The third-order valence-electron chi connectivity index (χ3n) is 4.37. The fraction of sp³-hybridized carbons (Fsp3) is 0.100. The fourth-order valence-corrected chi connectivity index (χ4v) is 5.63. The molecule has 9 heteroatoms. The molecule has 0 aliphatic rings. The molecule has 1 unspecified atom stereocenters. The van der Waals surface area contributed by atoms with Gasteiger partial charge in [-0.15, -0.1) is 0 Å². The first kappa shape index (κ1) is 20.8. The summed E-state index contributed by atoms with van der Waals surface area (Å²) in [5.41, 5.74) is 0.956. The van der Waals surface area contributed by atoms with Crippen LogP contribution in [-0.2, 0) is 9.09 Å². The van der Waals surface area contributed by atoms with E-state index in [0.717, 1.165) is 0 Å². The van der Waals surface area contributed by atoms with Gasteiger partial charge in [0.15, 0.2) is 5.82 Å². The molecule has 148 valence electrons. The first-order valence-electron chi connectivity index (χ1n) is 8.30. The monoisotopic (exact) mass is 432 g/mol. The van der Waals surface area contributed by atoms with Gasteiger partial charge in [-0.05, 0) is 48.4 Å². The first-order valence-corrected chi connectivity index (χ1v) is 10.3. The van der Waals surface area contributed by atoms with Gasteiger partial charge in [-0.3, -0.25) is 4.57 Å². The normalized spacial score (nSPS) is 13.5. The molecule has 1 atom stereocenters. The largest absolute Gasteiger partial charge is 0.477 e. The second-order valence-corrected chi connectivity index (χ2v) is 9.08. The highest BCUT2D eigenvalue weighted by atomic mass is 35.5. The third-order valence-corrected chi connectivity index (χ3v) is 7.15. The molecule has 0 amide bonds. The Hall–Kier alpha value is -2.91. The van der Waals surface area contributed by atoms with Gasteiger partial charge in [-0.2, -0.15) is 5.26 Å². The third kappa shape index (κ3) is 3.58. The van der Waals surface area contributed by atoms with Gasteiger partial charge in [0.25, 0.3) is 7.37 Å². The van der Waals surface area contributed by atoms with Crippen LogP contribution in [0.3, 0.4) is 0 Å². The highest BCUT2D eigenvalue weighted by molar-refractivity contribution is 7.75. The molecule has 3 aromatic rings. The number of nitrogens with zero attached hydrogens (tertiary/aromatic N) is 1. The van der Waals surface area contributed by atoms with Crippen LogP contribution in [0, 0.1) is 24.1 Å². The van der Waals surface area contributed by atoms with Crippen molar-refractivity contribution in [2.45, 2.75) is 6.92 Å². The van der Waals surface area contributed by atoms with Crippen LogP contribution < -0.4 is 10.6 Å². The minimum absolute atomic E-state index is 0.133. The number of nitriles is 1. The van der Waals surface area contributed by atoms with Crippen LogP contribution in [0.4, 0.5) is 4.39 Å². The van der Waals surface area contributed by atoms with Crippen molar-refractivity contribution in [1.82, 2.24) is 4.98 Å². The predicted octanol–water partition coefficient (Wildman–Crippen LogP) is 4.38. The summed E-state index contributed by atoms with van der Waals surface area (Å²) in [6.45, 7) is 1.75. The maximum atomic E-state index is 14.9. The summed E-state index contributed by atoms with van der Waals surface area (Å²) in [6.07, 6.45) is 2.77. The topological polar surface area (TPSA) is 103 Å². The molecule has 0 spiro atoms. The Kier molecular flexibility index (Phi) is 5.63. The van der Waals surface area contributed by atoms with Crippen LogP contribution in [-0.4, -0.2) is 23.2 Å². The number of benzene rings is 2. The lowest BCUT2D eigenvalue weighted by Crippen LogP contribution is -2.23. The van der Waals surface area contributed by atoms with Crippen molar-refractivity contribution in [2.24, 2.45) is 0 Å². The molecular weight excluding hydrogens is 418 g/mol. The van der Waals surface area contributed by atoms with E-state index in [-0.39, 0.29) is 26.5 Å². The Morgan fingerprint density at radius 3 is 2.72 bits per heavy atom. The summed E-state index contributed by atoms with van der Waals surface area (Å²) < 4.78 is 34.2. The van der Waals surface area contributed by atoms with Crippen molar-refractivity contribution in [1.29, 1.82) is 5.26 Å². The number of aromatic amines is 1. The summed E-state index contributed by atoms with van der Waals surface area (Å²) in [5, 5.41) is 17.8. The molecule has 2 aromatic carbocycles. The number of hydrogen-bond donors (Lipinski definition) is 2. The van der Waals surface area contributed by atoms with Crippen molar-refractivity contribution in [2.75, 3.05) is 7.11 Å². The number of allylic oxidation sites excluding steroid dienone is 1. The number of aryl methyl sites for hydroxylation is 1. The van der Waals surface area contributed by atoms with E-state index in [1.54, 1.807) is 19.1 Å². The molecular formula is C20H15ClFN2O4P. The van der Waals surface area contributed by atoms with Crippen LogP contribution in [0.25, 0.3) is 17.0 Å². The van der Waals surface area contributed by atoms with Gasteiger partial charge in [0.05, 0.1) is 21.8 Å². The average Bonchev–Trinajstić information content (AvgIpc) is 3.09. The van der Waals surface area contributed by atoms with Gasteiger partial charge < -0.3 is 14.6 Å². The maximum Gasteiger partial charge on any atom is 0.353 e. The number of aromatic carboxylic acids is 1. The summed E-state index contributed by atoms with van der Waals surface area (Å²) in [7, 11) is -2.89. The molecule has 0 bridgehead atoms. The minimum atomic E-state index is -4.05. The van der Waals surface area contributed by atoms with Crippen molar-refractivity contribution in [3.8, 4) is 6.07 Å². The number of aromatic nitrogens is 1. The Labute approximate surface area is 170 Å². The highest BCUT2D eigenvalue weighted by Gasteiger charge is 2.37. The molecule has 3 rings (SSSR count). The van der Waals surface area contributed by atoms with E-state index < -0.39 is 24.8 Å². The zero-order valence-corrected chi connectivity index (χ0v) is 17.0. The van der Waals surface area contributed by atoms with Crippen molar-refractivity contribution < 1.29 is 23.4 Å². The van der Waals surface area contributed by atoms with Crippen LogP contribution in [0.15, 0.2) is 36.4 Å². The predicted molar refractivity (Wildman–Crippen MR) is 110 cm³/mol. The summed E-state index contributed by atoms with van der Waals surface area (Å²) in [4.78, 5) is 14.4. The number of hydrogen-bond acceptors (Lipinski definition) is 4. The van der Waals surface area contributed by atoms with E-state index >= 15 is 0 Å². The van der Waals surface area contributed by atoms with Gasteiger partial charge >= 0.3 is 5.97 Å². The van der Waals surface area contributed by atoms with E-state index in [1.165, 1.54) is 37.5 Å². The lowest BCUT2D eigenvalue weighted by Gasteiger charge is -2.19. The van der Waals surface area contributed by atoms with Crippen molar-refractivity contribution in [3.63, 3.8) is 0 Å². The molecule has 29 heavy (non-hydrogen) atoms. The van der Waals surface area contributed by atoms with Gasteiger partial charge in [0.1, 0.15) is 5.69 Å². The Balaban J connectivity index is 2.42. The van der Waals surface area contributed by atoms with E-state index in [9.17, 15) is 18.9 Å². The molecule has 0 saturated heterocycles. The standard InChI is InChI=1S/C20H15ClFN2O4P/c1-11-8-12(4-3-7-23)10-13(9-11)29(27,28-2)19-16-15(24-18(19)20(25)26)6-5-14(21)17(16)22/h3-6,8-10,24H,1-2H3,(H,25,26)/b4-3+. The lowest BCUT2D eigenvalue weighted by atomic mass is 10.1. The molecule has 0 fully saturated rings. The second-order valence-electron chi connectivity index (χ2n) is 6.24. The number of nitrogens with one attached hydrogen (secondary N) is 1. The van der Waals surface area contributed by atoms with Crippen LogP contribution in [0.5, 0.6) is 0 Å². The second kappa shape index (κ2) is 7.84. The molecule has 0 aliphatic carbocycles. The van der Waals surface area contributed by atoms with Crippen LogP contribution in [0.1, 0.15) is 21.6 Å². The first-order chi connectivity index (χ1) is 13.7. The molecule has 0 saturated carbocycles. The van der Waals surface area contributed by atoms with Crippen LogP contribution in [0.2, 0.25) is 5.02 Å². The van der Waals surface area contributed by atoms with E-state index in [0.29, 0.717) is 11.1 Å². The van der Waals surface area contributed by atoms with Gasteiger partial charge in [-0.1, -0.05) is 17.7 Å². The van der Waals surface area contributed by atoms with E-state index in [2.05, 4.69) is 4.98 Å². The number of carboxylic acid groups (broad SMARTS) is 1. The zero-order chi connectivity index (χ0) is 21.3. The molecule has 2 N–H and O–H groups in total. The van der Waals surface area contributed by atoms with E-state index in [1.807, 2.05) is 6.07 Å². The lowest BCUT2D eigenvalue weighted by molar-refractivity contribution is 0.0692. The van der Waals surface area contributed by atoms with Gasteiger partial charge in [0, 0.05) is 24.0 Å².